The Bertz CT molecular complexity index is 1150. The number of furan rings is 1. The maximum atomic E-state index is 13.1. The molecule has 0 bridgehead atoms. The Hall–Kier alpha value is -2.81. The molecule has 0 radical (unpaired) electrons. The molecule has 2 aromatic carbocycles. The molecule has 0 aliphatic heterocycles. The lowest BCUT2D eigenvalue weighted by Crippen LogP contribution is -2.34. The van der Waals surface area contributed by atoms with Crippen molar-refractivity contribution in [3.05, 3.63) is 83.3 Å². The number of carbonyl (C=O) groups excluding carboxylic acids is 1. The monoisotopic (exact) mass is 461 g/mol. The third-order valence-corrected chi connectivity index (χ3v) is 6.89. The second-order valence-electron chi connectivity index (χ2n) is 7.19. The second-order valence-corrected chi connectivity index (χ2v) is 9.59. The summed E-state index contributed by atoms with van der Waals surface area (Å²) < 4.78 is 32.7. The predicted octanol–water partition coefficient (Wildman–Crippen LogP) is 3.79. The van der Waals surface area contributed by atoms with Gasteiger partial charge in [0, 0.05) is 24.2 Å². The fourth-order valence-corrected chi connectivity index (χ4v) is 4.49. The van der Waals surface area contributed by atoms with E-state index in [1.807, 2.05) is 25.1 Å². The van der Waals surface area contributed by atoms with Crippen molar-refractivity contribution in [1.29, 1.82) is 0 Å². The van der Waals surface area contributed by atoms with E-state index in [1.165, 1.54) is 19.2 Å². The Morgan fingerprint density at radius 2 is 1.81 bits per heavy atom. The van der Waals surface area contributed by atoms with Crippen LogP contribution in [0, 0.1) is 0 Å². The molecule has 1 aromatic heterocycles. The van der Waals surface area contributed by atoms with Gasteiger partial charge in [-0.15, -0.1) is 0 Å². The van der Waals surface area contributed by atoms with E-state index >= 15 is 0 Å². The number of anilines is 1. The Balaban J connectivity index is 1.78. The standard InChI is InChI=1S/C22H24ClN3O4S/c1-25(2)20(21-11-6-12-30-21)15-24-22(27)16-7-4-10-19(13-16)31(28,29)26(3)18-9-5-8-17(23)14-18/h4-14,20H,15H2,1-3H3,(H,24,27). The van der Waals surface area contributed by atoms with Gasteiger partial charge in [0.15, 0.2) is 0 Å². The van der Waals surface area contributed by atoms with E-state index in [2.05, 4.69) is 5.32 Å². The van der Waals surface area contributed by atoms with Crippen LogP contribution in [0.1, 0.15) is 22.2 Å². The van der Waals surface area contributed by atoms with E-state index in [4.69, 9.17) is 16.0 Å². The minimum absolute atomic E-state index is 0.0119. The SMILES string of the molecule is CN(C)C(CNC(=O)c1cccc(S(=O)(=O)N(C)c2cccc(Cl)c2)c1)c1ccco1. The lowest BCUT2D eigenvalue weighted by Gasteiger charge is -2.23. The largest absolute Gasteiger partial charge is 0.468 e. The summed E-state index contributed by atoms with van der Waals surface area (Å²) in [6, 6.07) is 16.0. The molecule has 0 fully saturated rings. The molecule has 0 spiro atoms. The number of hydrogen-bond acceptors (Lipinski definition) is 5. The van der Waals surface area contributed by atoms with Crippen LogP contribution in [0.2, 0.25) is 5.02 Å². The van der Waals surface area contributed by atoms with Crippen LogP contribution in [0.3, 0.4) is 0 Å². The predicted molar refractivity (Wildman–Crippen MR) is 121 cm³/mol. The van der Waals surface area contributed by atoms with Gasteiger partial charge < -0.3 is 9.73 Å². The molecule has 1 N–H and O–H groups in total. The van der Waals surface area contributed by atoms with Gasteiger partial charge in [-0.2, -0.15) is 0 Å². The first-order valence-electron chi connectivity index (χ1n) is 9.52. The topological polar surface area (TPSA) is 82.9 Å². The minimum Gasteiger partial charge on any atom is -0.468 e. The van der Waals surface area contributed by atoms with Crippen LogP contribution in [0.15, 0.2) is 76.2 Å². The molecule has 9 heteroatoms. The fourth-order valence-electron chi connectivity index (χ4n) is 3.08. The normalized spacial score (nSPS) is 12.5. The van der Waals surface area contributed by atoms with Crippen LogP contribution in [0.5, 0.6) is 0 Å². The molecule has 3 rings (SSSR count). The van der Waals surface area contributed by atoms with Crippen molar-refractivity contribution in [2.24, 2.45) is 0 Å². The molecule has 1 unspecified atom stereocenters. The Kier molecular flexibility index (Phi) is 7.04. The van der Waals surface area contributed by atoms with Gasteiger partial charge in [-0.05, 0) is 62.6 Å². The van der Waals surface area contributed by atoms with E-state index in [0.717, 1.165) is 10.1 Å². The highest BCUT2D eigenvalue weighted by molar-refractivity contribution is 7.92. The summed E-state index contributed by atoms with van der Waals surface area (Å²) in [5.41, 5.74) is 0.673. The van der Waals surface area contributed by atoms with Crippen LogP contribution >= 0.6 is 11.6 Å². The summed E-state index contributed by atoms with van der Waals surface area (Å²) in [5, 5.41) is 3.28. The number of nitrogens with one attached hydrogen (secondary N) is 1. The zero-order valence-electron chi connectivity index (χ0n) is 17.4. The van der Waals surface area contributed by atoms with Crippen molar-refractivity contribution in [3.8, 4) is 0 Å². The third-order valence-electron chi connectivity index (χ3n) is 4.88. The van der Waals surface area contributed by atoms with E-state index in [-0.39, 0.29) is 22.4 Å². The average Bonchev–Trinajstić information content (AvgIpc) is 3.27. The molecule has 7 nitrogen and oxygen atoms in total. The second kappa shape index (κ2) is 9.55. The van der Waals surface area contributed by atoms with Crippen LogP contribution in [0.4, 0.5) is 5.69 Å². The van der Waals surface area contributed by atoms with E-state index < -0.39 is 10.0 Å². The maximum Gasteiger partial charge on any atom is 0.264 e. The zero-order chi connectivity index (χ0) is 22.6. The minimum atomic E-state index is -3.87. The van der Waals surface area contributed by atoms with Gasteiger partial charge >= 0.3 is 0 Å². The van der Waals surface area contributed by atoms with Crippen LogP contribution < -0.4 is 9.62 Å². The summed E-state index contributed by atoms with van der Waals surface area (Å²) in [7, 11) is 1.34. The number of benzene rings is 2. The van der Waals surface area contributed by atoms with Crippen LogP contribution in [-0.2, 0) is 10.0 Å². The molecule has 0 saturated carbocycles. The molecule has 1 heterocycles. The Labute approximate surface area is 187 Å². The molecule has 0 saturated heterocycles. The van der Waals surface area contributed by atoms with Crippen molar-refractivity contribution in [3.63, 3.8) is 0 Å². The van der Waals surface area contributed by atoms with Gasteiger partial charge in [-0.1, -0.05) is 23.7 Å². The average molecular weight is 462 g/mol. The molecule has 3 aromatic rings. The lowest BCUT2D eigenvalue weighted by atomic mass is 10.2. The molecule has 1 amide bonds. The summed E-state index contributed by atoms with van der Waals surface area (Å²) in [5.74, 6) is 0.352. The first-order chi connectivity index (χ1) is 14.7. The van der Waals surface area contributed by atoms with Gasteiger partial charge in [0.1, 0.15) is 5.76 Å². The lowest BCUT2D eigenvalue weighted by molar-refractivity contribution is 0.0939. The van der Waals surface area contributed by atoms with Crippen LogP contribution in [0.25, 0.3) is 0 Å². The van der Waals surface area contributed by atoms with Crippen molar-refractivity contribution < 1.29 is 17.6 Å². The first-order valence-corrected chi connectivity index (χ1v) is 11.3. The summed E-state index contributed by atoms with van der Waals surface area (Å²) in [6.07, 6.45) is 1.58. The summed E-state index contributed by atoms with van der Waals surface area (Å²) >= 11 is 5.99. The molecule has 0 aliphatic rings. The van der Waals surface area contributed by atoms with Gasteiger partial charge in [0.05, 0.1) is 22.9 Å². The van der Waals surface area contributed by atoms with Gasteiger partial charge in [-0.3, -0.25) is 14.0 Å². The van der Waals surface area contributed by atoms with Crippen LogP contribution in [-0.4, -0.2) is 46.9 Å². The number of hydrogen-bond donors (Lipinski definition) is 1. The summed E-state index contributed by atoms with van der Waals surface area (Å²) in [6.45, 7) is 0.304. The number of carbonyl (C=O) groups is 1. The molecule has 0 aliphatic carbocycles. The first kappa shape index (κ1) is 22.9. The van der Waals surface area contributed by atoms with E-state index in [0.29, 0.717) is 17.3 Å². The zero-order valence-corrected chi connectivity index (χ0v) is 19.0. The van der Waals surface area contributed by atoms with Gasteiger partial charge in [0.2, 0.25) is 0 Å². The number of rotatable bonds is 8. The highest BCUT2D eigenvalue weighted by atomic mass is 35.5. The van der Waals surface area contributed by atoms with Crippen molar-refractivity contribution in [2.45, 2.75) is 10.9 Å². The Morgan fingerprint density at radius 1 is 1.06 bits per heavy atom. The third kappa shape index (κ3) is 5.28. The quantitative estimate of drug-likeness (QED) is 0.551. The number of amides is 1. The van der Waals surface area contributed by atoms with Crippen molar-refractivity contribution in [2.75, 3.05) is 32.0 Å². The molecular weight excluding hydrogens is 438 g/mol. The fraction of sp³-hybridized carbons (Fsp3) is 0.227. The number of halogens is 1. The highest BCUT2D eigenvalue weighted by Crippen LogP contribution is 2.25. The number of nitrogens with zero attached hydrogens (tertiary/aromatic N) is 2. The highest BCUT2D eigenvalue weighted by Gasteiger charge is 2.23. The smallest absolute Gasteiger partial charge is 0.264 e. The molecular formula is C22H24ClN3O4S. The molecule has 1 atom stereocenters. The van der Waals surface area contributed by atoms with Crippen molar-refractivity contribution >= 4 is 33.2 Å². The van der Waals surface area contributed by atoms with E-state index in [1.54, 1.807) is 48.7 Å². The van der Waals surface area contributed by atoms with Gasteiger partial charge in [-0.25, -0.2) is 8.42 Å². The van der Waals surface area contributed by atoms with Crippen molar-refractivity contribution in [1.82, 2.24) is 10.2 Å². The van der Waals surface area contributed by atoms with Gasteiger partial charge in [0.25, 0.3) is 15.9 Å². The molecule has 164 valence electrons. The number of likely N-dealkylation sites (N-methyl/N-ethyl adjacent to an activating group) is 1. The Morgan fingerprint density at radius 3 is 2.45 bits per heavy atom. The maximum absolute atomic E-state index is 13.1. The molecule has 31 heavy (non-hydrogen) atoms. The summed E-state index contributed by atoms with van der Waals surface area (Å²) in [4.78, 5) is 14.7. The number of sulfonamides is 1. The van der Waals surface area contributed by atoms with E-state index in [9.17, 15) is 13.2 Å².